The first kappa shape index (κ1) is 12.4. The van der Waals surface area contributed by atoms with E-state index in [0.29, 0.717) is 6.54 Å². The van der Waals surface area contributed by atoms with Crippen LogP contribution in [0.5, 0.6) is 0 Å². The first-order chi connectivity index (χ1) is 7.15. The van der Waals surface area contributed by atoms with Crippen LogP contribution in [0.3, 0.4) is 0 Å². The van der Waals surface area contributed by atoms with Crippen molar-refractivity contribution in [3.8, 4) is 0 Å². The first-order valence-corrected chi connectivity index (χ1v) is 5.30. The Labute approximate surface area is 90.4 Å². The van der Waals surface area contributed by atoms with Crippen molar-refractivity contribution in [2.45, 2.75) is 25.0 Å². The second kappa shape index (κ2) is 6.05. The average molecular weight is 216 g/mol. The second-order valence-electron chi connectivity index (χ2n) is 3.98. The van der Waals surface area contributed by atoms with Gasteiger partial charge in [-0.15, -0.1) is 0 Å². The molecular weight excluding hydrogens is 196 g/mol. The highest BCUT2D eigenvalue weighted by Gasteiger charge is 2.25. The standard InChI is InChI=1S/C10H20N2O3/c1-12(6-8(13)7-15-2)10(14)9-4-3-5-11-9/h8-9,11,13H,3-7H2,1-2H3/t8?,9-/m1/s1. The van der Waals surface area contributed by atoms with Gasteiger partial charge in [0.2, 0.25) is 5.91 Å². The maximum Gasteiger partial charge on any atom is 0.239 e. The van der Waals surface area contributed by atoms with Crippen LogP contribution in [0.15, 0.2) is 0 Å². The smallest absolute Gasteiger partial charge is 0.239 e. The summed E-state index contributed by atoms with van der Waals surface area (Å²) in [5.41, 5.74) is 0. The Morgan fingerprint density at radius 1 is 1.73 bits per heavy atom. The number of carbonyl (C=O) groups is 1. The maximum atomic E-state index is 11.8. The number of methoxy groups -OCH3 is 1. The number of aliphatic hydroxyl groups excluding tert-OH is 1. The van der Waals surface area contributed by atoms with Crippen LogP contribution in [0.25, 0.3) is 0 Å². The monoisotopic (exact) mass is 216 g/mol. The lowest BCUT2D eigenvalue weighted by atomic mass is 10.2. The molecule has 88 valence electrons. The van der Waals surface area contributed by atoms with Gasteiger partial charge in [0.15, 0.2) is 0 Å². The number of likely N-dealkylation sites (N-methyl/N-ethyl adjacent to an activating group) is 1. The molecule has 1 rings (SSSR count). The average Bonchev–Trinajstić information content (AvgIpc) is 2.69. The quantitative estimate of drug-likeness (QED) is 0.632. The predicted molar refractivity (Wildman–Crippen MR) is 56.5 cm³/mol. The third kappa shape index (κ3) is 3.77. The van der Waals surface area contributed by atoms with E-state index in [0.717, 1.165) is 19.4 Å². The van der Waals surface area contributed by atoms with Crippen molar-refractivity contribution < 1.29 is 14.6 Å². The van der Waals surface area contributed by atoms with Crippen molar-refractivity contribution >= 4 is 5.91 Å². The molecular formula is C10H20N2O3. The fraction of sp³-hybridized carbons (Fsp3) is 0.900. The maximum absolute atomic E-state index is 11.8. The summed E-state index contributed by atoms with van der Waals surface area (Å²) in [6.07, 6.45) is 1.33. The molecule has 0 bridgehead atoms. The van der Waals surface area contributed by atoms with Gasteiger partial charge in [0.1, 0.15) is 0 Å². The van der Waals surface area contributed by atoms with Gasteiger partial charge in [-0.25, -0.2) is 0 Å². The lowest BCUT2D eigenvalue weighted by molar-refractivity contribution is -0.133. The van der Waals surface area contributed by atoms with Crippen LogP contribution in [0.2, 0.25) is 0 Å². The molecule has 1 aliphatic rings. The molecule has 0 aromatic carbocycles. The number of aliphatic hydroxyl groups is 1. The molecule has 0 radical (unpaired) electrons. The van der Waals surface area contributed by atoms with E-state index in [1.54, 1.807) is 11.9 Å². The van der Waals surface area contributed by atoms with Gasteiger partial charge in [0.25, 0.3) is 0 Å². The van der Waals surface area contributed by atoms with Crippen molar-refractivity contribution in [1.82, 2.24) is 10.2 Å². The number of ether oxygens (including phenoxy) is 1. The number of carbonyl (C=O) groups excluding carboxylic acids is 1. The molecule has 0 aliphatic carbocycles. The number of rotatable bonds is 5. The minimum Gasteiger partial charge on any atom is -0.389 e. The Morgan fingerprint density at radius 2 is 2.47 bits per heavy atom. The SMILES string of the molecule is COCC(O)CN(C)C(=O)[C@H]1CCCN1. The summed E-state index contributed by atoms with van der Waals surface area (Å²) in [6.45, 7) is 1.49. The van der Waals surface area contributed by atoms with Gasteiger partial charge in [0.05, 0.1) is 18.8 Å². The van der Waals surface area contributed by atoms with Gasteiger partial charge in [-0.2, -0.15) is 0 Å². The van der Waals surface area contributed by atoms with Crippen molar-refractivity contribution in [3.05, 3.63) is 0 Å². The Hall–Kier alpha value is -0.650. The van der Waals surface area contributed by atoms with Crippen LogP contribution in [-0.2, 0) is 9.53 Å². The first-order valence-electron chi connectivity index (χ1n) is 5.30. The zero-order valence-corrected chi connectivity index (χ0v) is 9.40. The Morgan fingerprint density at radius 3 is 3.00 bits per heavy atom. The Kier molecular flexibility index (Phi) is 5.01. The van der Waals surface area contributed by atoms with E-state index < -0.39 is 6.10 Å². The molecule has 0 spiro atoms. The highest BCUT2D eigenvalue weighted by atomic mass is 16.5. The number of hydrogen-bond donors (Lipinski definition) is 2. The predicted octanol–water partition coefficient (Wildman–Crippen LogP) is -0.796. The third-order valence-electron chi connectivity index (χ3n) is 2.58. The van der Waals surface area contributed by atoms with Gasteiger partial charge >= 0.3 is 0 Å². The van der Waals surface area contributed by atoms with E-state index >= 15 is 0 Å². The van der Waals surface area contributed by atoms with Gasteiger partial charge in [-0.1, -0.05) is 0 Å². The molecule has 1 unspecified atom stereocenters. The number of nitrogens with one attached hydrogen (secondary N) is 1. The van der Waals surface area contributed by atoms with E-state index in [1.807, 2.05) is 0 Å². The molecule has 0 aromatic rings. The minimum atomic E-state index is -0.606. The Bertz CT molecular complexity index is 205. The van der Waals surface area contributed by atoms with Crippen LogP contribution in [-0.4, -0.2) is 61.9 Å². The summed E-state index contributed by atoms with van der Waals surface area (Å²) in [4.78, 5) is 13.4. The van der Waals surface area contributed by atoms with Crippen molar-refractivity contribution in [1.29, 1.82) is 0 Å². The van der Waals surface area contributed by atoms with Gasteiger partial charge in [-0.05, 0) is 19.4 Å². The normalized spacial score (nSPS) is 22.7. The van der Waals surface area contributed by atoms with Gasteiger partial charge < -0.3 is 20.1 Å². The molecule has 15 heavy (non-hydrogen) atoms. The molecule has 5 nitrogen and oxygen atoms in total. The minimum absolute atomic E-state index is 0.0580. The van der Waals surface area contributed by atoms with E-state index in [2.05, 4.69) is 5.32 Å². The molecule has 0 saturated carbocycles. The molecule has 1 aliphatic heterocycles. The summed E-state index contributed by atoms with van der Waals surface area (Å²) in [5.74, 6) is 0.0580. The third-order valence-corrected chi connectivity index (χ3v) is 2.58. The van der Waals surface area contributed by atoms with Gasteiger partial charge in [0, 0.05) is 20.7 Å². The fourth-order valence-electron chi connectivity index (χ4n) is 1.81. The zero-order chi connectivity index (χ0) is 11.3. The van der Waals surface area contributed by atoms with Crippen LogP contribution in [0.1, 0.15) is 12.8 Å². The van der Waals surface area contributed by atoms with Crippen LogP contribution in [0.4, 0.5) is 0 Å². The van der Waals surface area contributed by atoms with E-state index in [-0.39, 0.29) is 18.6 Å². The Balaban J connectivity index is 2.31. The molecule has 1 amide bonds. The van der Waals surface area contributed by atoms with Crippen molar-refractivity contribution in [2.24, 2.45) is 0 Å². The number of amides is 1. The lowest BCUT2D eigenvalue weighted by Crippen LogP contribution is -2.45. The van der Waals surface area contributed by atoms with Crippen LogP contribution >= 0.6 is 0 Å². The van der Waals surface area contributed by atoms with Crippen molar-refractivity contribution in [2.75, 3.05) is 33.9 Å². The molecule has 0 aromatic heterocycles. The number of hydrogen-bond acceptors (Lipinski definition) is 4. The molecule has 1 heterocycles. The molecule has 2 atom stereocenters. The molecule has 1 saturated heterocycles. The second-order valence-corrected chi connectivity index (χ2v) is 3.98. The van der Waals surface area contributed by atoms with Crippen molar-refractivity contribution in [3.63, 3.8) is 0 Å². The summed E-state index contributed by atoms with van der Waals surface area (Å²) < 4.78 is 4.81. The van der Waals surface area contributed by atoms with Gasteiger partial charge in [-0.3, -0.25) is 4.79 Å². The summed E-state index contributed by atoms with van der Waals surface area (Å²) in [5, 5.41) is 12.6. The highest BCUT2D eigenvalue weighted by Crippen LogP contribution is 2.07. The summed E-state index contributed by atoms with van der Waals surface area (Å²) in [6, 6.07) is -0.0651. The lowest BCUT2D eigenvalue weighted by Gasteiger charge is -2.23. The van der Waals surface area contributed by atoms with Crippen LogP contribution in [0, 0.1) is 0 Å². The van der Waals surface area contributed by atoms with E-state index in [4.69, 9.17) is 4.74 Å². The largest absolute Gasteiger partial charge is 0.389 e. The zero-order valence-electron chi connectivity index (χ0n) is 9.40. The summed E-state index contributed by atoms with van der Waals surface area (Å²) >= 11 is 0. The van der Waals surface area contributed by atoms with E-state index in [9.17, 15) is 9.90 Å². The number of nitrogens with zero attached hydrogens (tertiary/aromatic N) is 1. The molecule has 1 fully saturated rings. The highest BCUT2D eigenvalue weighted by molar-refractivity contribution is 5.81. The fourth-order valence-corrected chi connectivity index (χ4v) is 1.81. The van der Waals surface area contributed by atoms with E-state index in [1.165, 1.54) is 7.11 Å². The summed E-state index contributed by atoms with van der Waals surface area (Å²) in [7, 11) is 3.24. The molecule has 5 heteroatoms. The van der Waals surface area contributed by atoms with Crippen LogP contribution < -0.4 is 5.32 Å². The molecule has 2 N–H and O–H groups in total. The topological polar surface area (TPSA) is 61.8 Å².